The number of nitrogens with one attached hydrogen (secondary N) is 2. The second-order valence-corrected chi connectivity index (χ2v) is 8.71. The van der Waals surface area contributed by atoms with E-state index in [1.165, 1.54) is 27.0 Å². The molecule has 0 fully saturated rings. The van der Waals surface area contributed by atoms with Gasteiger partial charge in [-0.25, -0.2) is 4.79 Å². The largest absolute Gasteiger partial charge is 0.345 e. The lowest BCUT2D eigenvalue weighted by atomic mass is 9.87. The molecule has 5 rings (SSSR count). The van der Waals surface area contributed by atoms with Gasteiger partial charge >= 0.3 is 5.69 Å². The lowest BCUT2D eigenvalue weighted by Crippen LogP contribution is -2.34. The number of rotatable bonds is 4. The molecule has 2 N–H and O–H groups in total. The number of benzene rings is 2. The third-order valence-corrected chi connectivity index (χ3v) is 6.73. The number of carbonyl (C=O) groups is 1. The molecule has 2 aromatic heterocycles. The molecule has 31 heavy (non-hydrogen) atoms. The molecule has 1 aliphatic rings. The van der Waals surface area contributed by atoms with Gasteiger partial charge in [-0.15, -0.1) is 11.3 Å². The maximum absolute atomic E-state index is 12.8. The van der Waals surface area contributed by atoms with Crippen LogP contribution in [0.1, 0.15) is 45.9 Å². The van der Waals surface area contributed by atoms with Gasteiger partial charge in [0.1, 0.15) is 4.70 Å². The average Bonchev–Trinajstić information content (AvgIpc) is 3.26. The predicted octanol–water partition coefficient (Wildman–Crippen LogP) is 3.61. The minimum atomic E-state index is -0.436. The normalized spacial score (nSPS) is 15.5. The third kappa shape index (κ3) is 3.72. The highest BCUT2D eigenvalue weighted by molar-refractivity contribution is 7.17. The van der Waals surface area contributed by atoms with Gasteiger partial charge in [-0.2, -0.15) is 0 Å². The summed E-state index contributed by atoms with van der Waals surface area (Å²) in [5.41, 5.74) is 3.66. The highest BCUT2D eigenvalue weighted by atomic mass is 32.1. The Morgan fingerprint density at radius 2 is 1.90 bits per heavy atom. The monoisotopic (exact) mass is 431 g/mol. The third-order valence-electron chi connectivity index (χ3n) is 5.82. The molecule has 6 nitrogen and oxygen atoms in total. The van der Waals surface area contributed by atoms with Crippen LogP contribution < -0.4 is 16.6 Å². The number of hydrogen-bond donors (Lipinski definition) is 2. The van der Waals surface area contributed by atoms with Crippen LogP contribution in [0.25, 0.3) is 10.2 Å². The van der Waals surface area contributed by atoms with Crippen LogP contribution in [0.15, 0.2) is 69.6 Å². The summed E-state index contributed by atoms with van der Waals surface area (Å²) in [5.74, 6) is -0.122. The fraction of sp³-hybridized carbons (Fsp3) is 0.208. The molecule has 156 valence electrons. The van der Waals surface area contributed by atoms with Crippen molar-refractivity contribution in [3.8, 4) is 0 Å². The summed E-state index contributed by atoms with van der Waals surface area (Å²) in [6, 6.07) is 17.1. The van der Waals surface area contributed by atoms with Gasteiger partial charge in [-0.05, 0) is 59.5 Å². The molecule has 4 aromatic rings. The summed E-state index contributed by atoms with van der Waals surface area (Å²) in [7, 11) is 0. The second-order valence-electron chi connectivity index (χ2n) is 7.80. The highest BCUT2D eigenvalue weighted by Gasteiger charge is 2.21. The zero-order valence-electron chi connectivity index (χ0n) is 16.8. The minimum absolute atomic E-state index is 0.0202. The molecule has 0 saturated heterocycles. The van der Waals surface area contributed by atoms with Crippen LogP contribution >= 0.6 is 11.3 Å². The number of amides is 1. The van der Waals surface area contributed by atoms with Crippen LogP contribution in [0, 0.1) is 0 Å². The van der Waals surface area contributed by atoms with Gasteiger partial charge < -0.3 is 10.3 Å². The molecule has 0 spiro atoms. The van der Waals surface area contributed by atoms with Crippen molar-refractivity contribution in [1.82, 2.24) is 14.9 Å². The van der Waals surface area contributed by atoms with Gasteiger partial charge in [-0.3, -0.25) is 14.2 Å². The van der Waals surface area contributed by atoms with E-state index in [-0.39, 0.29) is 24.1 Å². The number of H-pyrrole nitrogens is 1. The number of fused-ring (bicyclic) bond motifs is 2. The van der Waals surface area contributed by atoms with Crippen LogP contribution in [0.3, 0.4) is 0 Å². The molecule has 0 radical (unpaired) electrons. The Bertz CT molecular complexity index is 1380. The van der Waals surface area contributed by atoms with Crippen molar-refractivity contribution >= 4 is 27.5 Å². The van der Waals surface area contributed by atoms with E-state index in [1.54, 1.807) is 35.7 Å². The molecule has 1 atom stereocenters. The van der Waals surface area contributed by atoms with Crippen LogP contribution in [0.4, 0.5) is 0 Å². The maximum atomic E-state index is 12.8. The van der Waals surface area contributed by atoms with E-state index in [0.717, 1.165) is 24.8 Å². The van der Waals surface area contributed by atoms with Crippen molar-refractivity contribution in [3.63, 3.8) is 0 Å². The van der Waals surface area contributed by atoms with E-state index in [9.17, 15) is 14.4 Å². The van der Waals surface area contributed by atoms with Crippen molar-refractivity contribution in [3.05, 3.63) is 103 Å². The number of nitrogens with zero attached hydrogens (tertiary/aromatic N) is 1. The summed E-state index contributed by atoms with van der Waals surface area (Å²) >= 11 is 1.31. The van der Waals surface area contributed by atoms with E-state index in [2.05, 4.69) is 22.4 Å². The van der Waals surface area contributed by atoms with Crippen molar-refractivity contribution in [2.45, 2.75) is 31.8 Å². The van der Waals surface area contributed by atoms with Gasteiger partial charge in [0.15, 0.2) is 0 Å². The molecular weight excluding hydrogens is 410 g/mol. The Morgan fingerprint density at radius 1 is 1.10 bits per heavy atom. The van der Waals surface area contributed by atoms with E-state index in [0.29, 0.717) is 15.8 Å². The fourth-order valence-corrected chi connectivity index (χ4v) is 5.00. The standard InChI is InChI=1S/C24H21N3O3S/c28-22(25-19-7-3-5-16-4-1-2-6-18(16)19)17-10-8-15(9-11-17)14-27-23(29)21-20(12-13-31-21)26-24(27)30/h1-2,4,6,8-13,19H,3,5,7,14H2,(H,25,28)(H,26,30). The van der Waals surface area contributed by atoms with E-state index < -0.39 is 5.69 Å². The van der Waals surface area contributed by atoms with Gasteiger partial charge in [0.05, 0.1) is 18.1 Å². The Labute approximate surface area is 182 Å². The number of aromatic amines is 1. The smallest absolute Gasteiger partial charge is 0.329 e. The first-order chi connectivity index (χ1) is 15.1. The van der Waals surface area contributed by atoms with Gasteiger partial charge in [-0.1, -0.05) is 36.4 Å². The molecule has 1 unspecified atom stereocenters. The summed E-state index contributed by atoms with van der Waals surface area (Å²) in [4.78, 5) is 40.4. The number of aryl methyl sites for hydroxylation is 1. The molecule has 7 heteroatoms. The predicted molar refractivity (Wildman–Crippen MR) is 122 cm³/mol. The minimum Gasteiger partial charge on any atom is -0.345 e. The summed E-state index contributed by atoms with van der Waals surface area (Å²) < 4.78 is 1.72. The molecule has 0 bridgehead atoms. The first-order valence-corrected chi connectivity index (χ1v) is 11.2. The second kappa shape index (κ2) is 8.00. The zero-order chi connectivity index (χ0) is 21.4. The number of aromatic nitrogens is 2. The van der Waals surface area contributed by atoms with E-state index in [1.807, 2.05) is 12.1 Å². The molecule has 2 heterocycles. The van der Waals surface area contributed by atoms with E-state index in [4.69, 9.17) is 0 Å². The fourth-order valence-electron chi connectivity index (χ4n) is 4.20. The molecular formula is C24H21N3O3S. The van der Waals surface area contributed by atoms with Crippen molar-refractivity contribution in [1.29, 1.82) is 0 Å². The van der Waals surface area contributed by atoms with Crippen molar-refractivity contribution < 1.29 is 4.79 Å². The Kier molecular flexibility index (Phi) is 5.03. The Morgan fingerprint density at radius 3 is 2.74 bits per heavy atom. The lowest BCUT2D eigenvalue weighted by Gasteiger charge is -2.26. The number of hydrogen-bond acceptors (Lipinski definition) is 4. The Hall–Kier alpha value is -3.45. The molecule has 1 aliphatic carbocycles. The SMILES string of the molecule is O=C(NC1CCCc2ccccc21)c1ccc(Cn2c(=O)[nH]c3ccsc3c2=O)cc1. The molecule has 0 aliphatic heterocycles. The van der Waals surface area contributed by atoms with Crippen LogP contribution in [-0.2, 0) is 13.0 Å². The van der Waals surface area contributed by atoms with E-state index >= 15 is 0 Å². The van der Waals surface area contributed by atoms with Crippen molar-refractivity contribution in [2.75, 3.05) is 0 Å². The highest BCUT2D eigenvalue weighted by Crippen LogP contribution is 2.29. The summed E-state index contributed by atoms with van der Waals surface area (Å²) in [6.45, 7) is 0.153. The van der Waals surface area contributed by atoms with Gasteiger partial charge in [0.25, 0.3) is 11.5 Å². The molecule has 0 saturated carbocycles. The number of thiophene rings is 1. The lowest BCUT2D eigenvalue weighted by molar-refractivity contribution is 0.0932. The Balaban J connectivity index is 1.33. The molecule has 1 amide bonds. The van der Waals surface area contributed by atoms with Crippen LogP contribution in [-0.4, -0.2) is 15.5 Å². The first kappa shape index (κ1) is 19.5. The first-order valence-electron chi connectivity index (χ1n) is 10.3. The maximum Gasteiger partial charge on any atom is 0.329 e. The van der Waals surface area contributed by atoms with Crippen molar-refractivity contribution in [2.24, 2.45) is 0 Å². The summed E-state index contributed by atoms with van der Waals surface area (Å²) in [6.07, 6.45) is 3.03. The zero-order valence-corrected chi connectivity index (χ0v) is 17.6. The number of carbonyl (C=O) groups excluding carboxylic acids is 1. The van der Waals surface area contributed by atoms with Gasteiger partial charge in [0.2, 0.25) is 0 Å². The van der Waals surface area contributed by atoms with Crippen LogP contribution in [0.2, 0.25) is 0 Å². The van der Waals surface area contributed by atoms with Gasteiger partial charge in [0, 0.05) is 5.56 Å². The topological polar surface area (TPSA) is 84.0 Å². The molecule has 2 aromatic carbocycles. The summed E-state index contributed by atoms with van der Waals surface area (Å²) in [5, 5.41) is 4.93. The van der Waals surface area contributed by atoms with Crippen LogP contribution in [0.5, 0.6) is 0 Å². The average molecular weight is 432 g/mol. The quantitative estimate of drug-likeness (QED) is 0.518.